The zero-order valence-electron chi connectivity index (χ0n) is 10.8. The fourth-order valence-corrected chi connectivity index (χ4v) is 2.58. The molecule has 0 aromatic carbocycles. The first-order valence-electron chi connectivity index (χ1n) is 5.89. The average Bonchev–Trinajstić information content (AvgIpc) is 2.82. The first-order chi connectivity index (χ1) is 7.78. The Morgan fingerprint density at radius 2 is 1.82 bits per heavy atom. The molecule has 1 rings (SSSR count). The van der Waals surface area contributed by atoms with Gasteiger partial charge in [0, 0.05) is 6.61 Å². The molecular formula is C11H23AuN3OP. The molecule has 0 radical (unpaired) electrons. The number of nitrogens with zero attached hydrogens (tertiary/aromatic N) is 2. The Labute approximate surface area is 121 Å². The van der Waals surface area contributed by atoms with Gasteiger partial charge < -0.3 is 21.5 Å². The molecule has 0 saturated carbocycles. The van der Waals surface area contributed by atoms with E-state index in [4.69, 9.17) is 5.11 Å². The largest absolute Gasteiger partial charge is 1.00 e. The van der Waals surface area contributed by atoms with Crippen LogP contribution < -0.4 is 0 Å². The zero-order chi connectivity index (χ0) is 12.2. The molecule has 104 valence electrons. The topological polar surface area (TPSA) is 61.8 Å². The van der Waals surface area contributed by atoms with Crippen molar-refractivity contribution in [1.29, 1.82) is 0 Å². The Morgan fingerprint density at radius 1 is 1.24 bits per heavy atom. The van der Waals surface area contributed by atoms with Crippen molar-refractivity contribution in [2.45, 2.75) is 33.6 Å². The predicted octanol–water partition coefficient (Wildman–Crippen LogP) is 2.06. The summed E-state index contributed by atoms with van der Waals surface area (Å²) in [6.07, 6.45) is 8.40. The van der Waals surface area contributed by atoms with E-state index >= 15 is 0 Å². The summed E-state index contributed by atoms with van der Waals surface area (Å²) in [7, 11) is 0.446. The van der Waals surface area contributed by atoms with Crippen LogP contribution >= 0.6 is 7.92 Å². The summed E-state index contributed by atoms with van der Waals surface area (Å²) in [5.74, 6) is 0. The van der Waals surface area contributed by atoms with Gasteiger partial charge in [0.2, 0.25) is 0 Å². The molecule has 0 aliphatic heterocycles. The van der Waals surface area contributed by atoms with E-state index in [9.17, 15) is 0 Å². The van der Waals surface area contributed by atoms with E-state index in [1.165, 1.54) is 18.5 Å². The van der Waals surface area contributed by atoms with Crippen molar-refractivity contribution < 1.29 is 27.5 Å². The van der Waals surface area contributed by atoms with Crippen molar-refractivity contribution in [3.8, 4) is 0 Å². The Bertz CT molecular complexity index is 225. The van der Waals surface area contributed by atoms with Gasteiger partial charge in [0.25, 0.3) is 0 Å². The van der Waals surface area contributed by atoms with Crippen LogP contribution in [0.1, 0.15) is 32.9 Å². The third-order valence-electron chi connectivity index (χ3n) is 2.35. The normalized spacial score (nSPS) is 9.47. The maximum Gasteiger partial charge on any atom is 1.00 e. The summed E-state index contributed by atoms with van der Waals surface area (Å²) in [6, 6.07) is 0. The molecule has 1 aromatic rings. The molecule has 0 fully saturated rings. The second-order valence-corrected chi connectivity index (χ2v) is 6.59. The number of rotatable bonds is 6. The van der Waals surface area contributed by atoms with E-state index in [0.29, 0.717) is 7.92 Å². The number of hydrogen-bond acceptors (Lipinski definition) is 3. The van der Waals surface area contributed by atoms with Crippen LogP contribution in [0.15, 0.2) is 0 Å². The molecule has 0 unspecified atom stereocenters. The Hall–Kier alpha value is 0.270. The molecule has 0 saturated heterocycles. The third kappa shape index (κ3) is 11.1. The van der Waals surface area contributed by atoms with Gasteiger partial charge in [-0.3, -0.25) is 0 Å². The van der Waals surface area contributed by atoms with Crippen LogP contribution in [-0.4, -0.2) is 45.6 Å². The number of aliphatic hydroxyl groups excluding tert-OH is 1. The number of H-pyrrole nitrogens is 1. The third-order valence-corrected chi connectivity index (χ3v) is 5.03. The van der Waals surface area contributed by atoms with Crippen molar-refractivity contribution in [2.24, 2.45) is 0 Å². The number of aromatic nitrogens is 3. The van der Waals surface area contributed by atoms with Crippen LogP contribution in [0.25, 0.3) is 0 Å². The van der Waals surface area contributed by atoms with Gasteiger partial charge in [0.05, 0.1) is 0 Å². The maximum atomic E-state index is 8.40. The number of aromatic amines is 1. The second kappa shape index (κ2) is 14.3. The van der Waals surface area contributed by atoms with E-state index in [2.05, 4.69) is 42.4 Å². The first kappa shape index (κ1) is 19.6. The van der Waals surface area contributed by atoms with Gasteiger partial charge in [0.1, 0.15) is 0 Å². The summed E-state index contributed by atoms with van der Waals surface area (Å²) >= 11 is 0. The SMILES string of the molecule is CCP(CC)CC.OCCCc1[c-]nn[nH]1.[Au+]. The van der Waals surface area contributed by atoms with E-state index in [1.54, 1.807) is 0 Å². The molecule has 1 heterocycles. The predicted molar refractivity (Wildman–Crippen MR) is 69.2 cm³/mol. The molecule has 4 nitrogen and oxygen atoms in total. The maximum absolute atomic E-state index is 8.40. The minimum Gasteiger partial charge on any atom is -0.396 e. The molecule has 0 bridgehead atoms. The summed E-state index contributed by atoms with van der Waals surface area (Å²) in [5.41, 5.74) is 0.851. The van der Waals surface area contributed by atoms with Crippen LogP contribution in [0.5, 0.6) is 0 Å². The van der Waals surface area contributed by atoms with Crippen molar-refractivity contribution in [2.75, 3.05) is 25.1 Å². The van der Waals surface area contributed by atoms with Gasteiger partial charge in [-0.05, 0) is 31.3 Å². The number of nitrogens with one attached hydrogen (secondary N) is 1. The fourth-order valence-electron chi connectivity index (χ4n) is 1.23. The van der Waals surface area contributed by atoms with Crippen LogP contribution in [0, 0.1) is 6.20 Å². The molecule has 0 amide bonds. The number of hydrogen-bond donors (Lipinski definition) is 2. The van der Waals surface area contributed by atoms with Crippen LogP contribution in [0.3, 0.4) is 0 Å². The zero-order valence-corrected chi connectivity index (χ0v) is 13.9. The molecule has 0 spiro atoms. The van der Waals surface area contributed by atoms with Gasteiger partial charge in [-0.1, -0.05) is 20.8 Å². The molecular weight excluding hydrogens is 418 g/mol. The van der Waals surface area contributed by atoms with Crippen molar-refractivity contribution in [1.82, 2.24) is 15.4 Å². The van der Waals surface area contributed by atoms with Crippen LogP contribution in [0.2, 0.25) is 0 Å². The molecule has 0 atom stereocenters. The van der Waals surface area contributed by atoms with Gasteiger partial charge in [0.15, 0.2) is 0 Å². The van der Waals surface area contributed by atoms with Gasteiger partial charge in [-0.25, -0.2) is 0 Å². The Morgan fingerprint density at radius 3 is 2.12 bits per heavy atom. The van der Waals surface area contributed by atoms with Gasteiger partial charge in [-0.15, -0.1) is 18.8 Å². The summed E-state index contributed by atoms with van der Waals surface area (Å²) in [4.78, 5) is 0. The van der Waals surface area contributed by atoms with Gasteiger partial charge >= 0.3 is 22.4 Å². The van der Waals surface area contributed by atoms with Gasteiger partial charge in [-0.2, -0.15) is 0 Å². The number of aryl methyl sites for hydroxylation is 1. The van der Waals surface area contributed by atoms with Crippen LogP contribution in [0.4, 0.5) is 0 Å². The van der Waals surface area contributed by atoms with E-state index in [-0.39, 0.29) is 29.0 Å². The van der Waals surface area contributed by atoms with Crippen molar-refractivity contribution >= 4 is 7.92 Å². The standard InChI is InChI=1S/C6H15P.C5H8N3O.Au/c1-4-7(5-2)6-3;9-3-1-2-5-4-6-8-7-5;/h4-6H2,1-3H3;9H,1-3H2,(H,6,7,8);/q;-1;+1. The minimum atomic E-state index is 0. The summed E-state index contributed by atoms with van der Waals surface area (Å²) in [6.45, 7) is 7.07. The Balaban J connectivity index is 0. The molecule has 6 heteroatoms. The molecule has 0 aliphatic rings. The van der Waals surface area contributed by atoms with E-state index in [1.807, 2.05) is 0 Å². The molecule has 0 aliphatic carbocycles. The average molecular weight is 441 g/mol. The molecule has 1 aromatic heterocycles. The Kier molecular flexibility index (Phi) is 16.5. The van der Waals surface area contributed by atoms with E-state index in [0.717, 1.165) is 18.5 Å². The number of aliphatic hydroxyl groups is 1. The quantitative estimate of drug-likeness (QED) is 0.404. The van der Waals surface area contributed by atoms with Crippen molar-refractivity contribution in [3.63, 3.8) is 0 Å². The fraction of sp³-hybridized carbons (Fsp3) is 0.818. The van der Waals surface area contributed by atoms with Crippen LogP contribution in [-0.2, 0) is 28.8 Å². The minimum absolute atomic E-state index is 0. The second-order valence-electron chi connectivity index (χ2n) is 3.35. The molecule has 2 N–H and O–H groups in total. The smallest absolute Gasteiger partial charge is 0.396 e. The first-order valence-corrected chi connectivity index (χ1v) is 7.78. The summed E-state index contributed by atoms with van der Waals surface area (Å²) in [5, 5.41) is 18.0. The van der Waals surface area contributed by atoms with E-state index < -0.39 is 0 Å². The van der Waals surface area contributed by atoms with Crippen molar-refractivity contribution in [3.05, 3.63) is 11.9 Å². The summed E-state index contributed by atoms with van der Waals surface area (Å²) < 4.78 is 0. The monoisotopic (exact) mass is 441 g/mol. The molecule has 17 heavy (non-hydrogen) atoms.